The van der Waals surface area contributed by atoms with Gasteiger partial charge in [0.2, 0.25) is 0 Å². The molecule has 0 amide bonds. The Morgan fingerprint density at radius 2 is 2.20 bits per heavy atom. The third kappa shape index (κ3) is 4.98. The van der Waals surface area contributed by atoms with Gasteiger partial charge in [0.25, 0.3) is 0 Å². The van der Waals surface area contributed by atoms with Crippen molar-refractivity contribution < 1.29 is 0 Å². The van der Waals surface area contributed by atoms with Crippen molar-refractivity contribution in [2.24, 2.45) is 5.92 Å². The third-order valence-electron chi connectivity index (χ3n) is 2.62. The van der Waals surface area contributed by atoms with E-state index in [0.717, 1.165) is 19.0 Å². The Kier molecular flexibility index (Phi) is 5.40. The summed E-state index contributed by atoms with van der Waals surface area (Å²) >= 11 is 0. The van der Waals surface area contributed by atoms with Crippen LogP contribution in [0.15, 0.2) is 18.5 Å². The van der Waals surface area contributed by atoms with Crippen LogP contribution in [0.5, 0.6) is 0 Å². The fourth-order valence-electron chi connectivity index (χ4n) is 1.75. The lowest BCUT2D eigenvalue weighted by molar-refractivity contribution is 0.399. The van der Waals surface area contributed by atoms with Crippen molar-refractivity contribution in [2.75, 3.05) is 6.54 Å². The van der Waals surface area contributed by atoms with Crippen molar-refractivity contribution in [1.82, 2.24) is 15.1 Å². The fraction of sp³-hybridized carbons (Fsp3) is 0.750. The topological polar surface area (TPSA) is 29.9 Å². The Hall–Kier alpha value is -0.830. The minimum absolute atomic E-state index is 0.490. The van der Waals surface area contributed by atoms with Crippen LogP contribution in [0.4, 0.5) is 0 Å². The van der Waals surface area contributed by atoms with E-state index in [2.05, 4.69) is 31.2 Å². The molecule has 1 N–H and O–H groups in total. The zero-order chi connectivity index (χ0) is 11.1. The van der Waals surface area contributed by atoms with Crippen LogP contribution in [0.3, 0.4) is 0 Å². The number of nitrogens with zero attached hydrogens (tertiary/aromatic N) is 2. The Morgan fingerprint density at radius 1 is 1.40 bits per heavy atom. The molecule has 0 radical (unpaired) electrons. The van der Waals surface area contributed by atoms with Gasteiger partial charge in [0.15, 0.2) is 0 Å². The number of rotatable bonds is 7. The highest BCUT2D eigenvalue weighted by atomic mass is 15.3. The van der Waals surface area contributed by atoms with Gasteiger partial charge in [-0.15, -0.1) is 0 Å². The van der Waals surface area contributed by atoms with E-state index >= 15 is 0 Å². The van der Waals surface area contributed by atoms with E-state index in [9.17, 15) is 0 Å². The van der Waals surface area contributed by atoms with Crippen molar-refractivity contribution in [3.05, 3.63) is 18.5 Å². The number of hydrogen-bond donors (Lipinski definition) is 1. The molecule has 0 saturated heterocycles. The molecule has 3 heteroatoms. The van der Waals surface area contributed by atoms with Gasteiger partial charge >= 0.3 is 0 Å². The lowest BCUT2D eigenvalue weighted by atomic mass is 10.1. The molecule has 0 bridgehead atoms. The molecular formula is C12H23N3. The predicted octanol–water partition coefficient (Wildman–Crippen LogP) is 2.30. The minimum atomic E-state index is 0.490. The molecule has 0 aromatic carbocycles. The second kappa shape index (κ2) is 6.62. The van der Waals surface area contributed by atoms with Gasteiger partial charge in [0.05, 0.1) is 6.54 Å². The summed E-state index contributed by atoms with van der Waals surface area (Å²) in [5.41, 5.74) is 0. The highest BCUT2D eigenvalue weighted by molar-refractivity contribution is 4.79. The Bertz CT molecular complexity index is 243. The first-order chi connectivity index (χ1) is 7.22. The van der Waals surface area contributed by atoms with Gasteiger partial charge in [-0.25, -0.2) is 0 Å². The molecule has 0 saturated carbocycles. The zero-order valence-corrected chi connectivity index (χ0v) is 10.1. The van der Waals surface area contributed by atoms with E-state index in [1.54, 1.807) is 0 Å². The van der Waals surface area contributed by atoms with Crippen molar-refractivity contribution >= 4 is 0 Å². The van der Waals surface area contributed by atoms with Crippen molar-refractivity contribution in [2.45, 2.75) is 46.2 Å². The maximum atomic E-state index is 4.20. The molecule has 1 heterocycles. The van der Waals surface area contributed by atoms with Crippen molar-refractivity contribution in [3.63, 3.8) is 0 Å². The SMILES string of the molecule is CCCC(C)CNC(C)Cn1cccn1. The quantitative estimate of drug-likeness (QED) is 0.746. The van der Waals surface area contributed by atoms with E-state index in [-0.39, 0.29) is 0 Å². The van der Waals surface area contributed by atoms with Gasteiger partial charge in [-0.3, -0.25) is 4.68 Å². The first-order valence-corrected chi connectivity index (χ1v) is 5.93. The monoisotopic (exact) mass is 209 g/mol. The molecule has 86 valence electrons. The normalized spacial score (nSPS) is 15.1. The van der Waals surface area contributed by atoms with Crippen LogP contribution in [-0.4, -0.2) is 22.4 Å². The Balaban J connectivity index is 2.16. The first kappa shape index (κ1) is 12.2. The lowest BCUT2D eigenvalue weighted by Crippen LogP contribution is -2.33. The molecule has 0 fully saturated rings. The van der Waals surface area contributed by atoms with E-state index < -0.39 is 0 Å². The molecule has 3 nitrogen and oxygen atoms in total. The Morgan fingerprint density at radius 3 is 2.80 bits per heavy atom. The maximum Gasteiger partial charge on any atom is 0.0559 e. The van der Waals surface area contributed by atoms with Gasteiger partial charge in [0, 0.05) is 18.4 Å². The van der Waals surface area contributed by atoms with Crippen molar-refractivity contribution in [1.29, 1.82) is 0 Å². The van der Waals surface area contributed by atoms with Gasteiger partial charge in [-0.2, -0.15) is 5.10 Å². The average molecular weight is 209 g/mol. The molecule has 0 aliphatic heterocycles. The Labute approximate surface area is 92.9 Å². The van der Waals surface area contributed by atoms with E-state index in [1.807, 2.05) is 23.1 Å². The van der Waals surface area contributed by atoms with Crippen LogP contribution in [0, 0.1) is 5.92 Å². The zero-order valence-electron chi connectivity index (χ0n) is 10.1. The molecule has 1 aromatic heterocycles. The fourth-order valence-corrected chi connectivity index (χ4v) is 1.75. The summed E-state index contributed by atoms with van der Waals surface area (Å²) in [4.78, 5) is 0. The summed E-state index contributed by atoms with van der Waals surface area (Å²) in [5.74, 6) is 0.773. The lowest BCUT2D eigenvalue weighted by Gasteiger charge is -2.17. The summed E-state index contributed by atoms with van der Waals surface area (Å²) in [6, 6.07) is 2.45. The number of hydrogen-bond acceptors (Lipinski definition) is 2. The summed E-state index contributed by atoms with van der Waals surface area (Å²) < 4.78 is 1.97. The summed E-state index contributed by atoms with van der Waals surface area (Å²) in [6.07, 6.45) is 6.41. The van der Waals surface area contributed by atoms with E-state index in [1.165, 1.54) is 12.8 Å². The highest BCUT2D eigenvalue weighted by Crippen LogP contribution is 2.03. The number of nitrogens with one attached hydrogen (secondary N) is 1. The number of aromatic nitrogens is 2. The van der Waals surface area contributed by atoms with Crippen LogP contribution >= 0.6 is 0 Å². The molecule has 1 aromatic rings. The standard InChI is InChI=1S/C12H23N3/c1-4-6-11(2)9-13-12(3)10-15-8-5-7-14-15/h5,7-8,11-13H,4,6,9-10H2,1-3H3. The van der Waals surface area contributed by atoms with Crippen molar-refractivity contribution in [3.8, 4) is 0 Å². The third-order valence-corrected chi connectivity index (χ3v) is 2.62. The molecule has 2 unspecified atom stereocenters. The van der Waals surface area contributed by atoms with Crippen LogP contribution in [0.1, 0.15) is 33.6 Å². The second-order valence-corrected chi connectivity index (χ2v) is 4.43. The van der Waals surface area contributed by atoms with Crippen LogP contribution in [0.25, 0.3) is 0 Å². The van der Waals surface area contributed by atoms with Crippen LogP contribution in [0.2, 0.25) is 0 Å². The molecule has 0 aliphatic rings. The predicted molar refractivity (Wildman–Crippen MR) is 63.8 cm³/mol. The first-order valence-electron chi connectivity index (χ1n) is 5.93. The molecular weight excluding hydrogens is 186 g/mol. The largest absolute Gasteiger partial charge is 0.312 e. The molecule has 1 rings (SSSR count). The van der Waals surface area contributed by atoms with E-state index in [4.69, 9.17) is 0 Å². The molecule has 0 aliphatic carbocycles. The van der Waals surface area contributed by atoms with E-state index in [0.29, 0.717) is 6.04 Å². The maximum absolute atomic E-state index is 4.20. The summed E-state index contributed by atoms with van der Waals surface area (Å²) in [7, 11) is 0. The molecule has 0 spiro atoms. The second-order valence-electron chi connectivity index (χ2n) is 4.43. The van der Waals surface area contributed by atoms with Gasteiger partial charge in [-0.1, -0.05) is 20.3 Å². The minimum Gasteiger partial charge on any atom is -0.312 e. The van der Waals surface area contributed by atoms with Gasteiger partial charge < -0.3 is 5.32 Å². The van der Waals surface area contributed by atoms with Gasteiger partial charge in [-0.05, 0) is 31.9 Å². The molecule has 15 heavy (non-hydrogen) atoms. The van der Waals surface area contributed by atoms with Gasteiger partial charge in [0.1, 0.15) is 0 Å². The highest BCUT2D eigenvalue weighted by Gasteiger charge is 2.05. The summed E-state index contributed by atoms with van der Waals surface area (Å²) in [6.45, 7) is 8.81. The smallest absolute Gasteiger partial charge is 0.0559 e. The summed E-state index contributed by atoms with van der Waals surface area (Å²) in [5, 5.41) is 7.74. The van der Waals surface area contributed by atoms with Crippen LogP contribution < -0.4 is 5.32 Å². The molecule has 2 atom stereocenters. The average Bonchev–Trinajstić information content (AvgIpc) is 2.68. The van der Waals surface area contributed by atoms with Crippen LogP contribution in [-0.2, 0) is 6.54 Å².